The van der Waals surface area contributed by atoms with Gasteiger partial charge in [-0.3, -0.25) is 14.4 Å². The molecule has 1 aromatic heterocycles. The van der Waals surface area contributed by atoms with E-state index < -0.39 is 99.9 Å². The van der Waals surface area contributed by atoms with E-state index in [-0.39, 0.29) is 25.0 Å². The molecule has 0 amide bonds. The van der Waals surface area contributed by atoms with Crippen LogP contribution in [-0.4, -0.2) is 75.1 Å². The van der Waals surface area contributed by atoms with Crippen LogP contribution in [-0.2, 0) is 33.4 Å². The number of aliphatic hydroxyl groups excluding tert-OH is 3. The van der Waals surface area contributed by atoms with Crippen molar-refractivity contribution in [2.75, 3.05) is 0 Å². The number of ether oxygens (including phenoxy) is 3. The highest BCUT2D eigenvalue weighted by atomic mass is 16.6. The Kier molecular flexibility index (Phi) is 8.36. The maximum absolute atomic E-state index is 14.3. The fourth-order valence-corrected chi connectivity index (χ4v) is 10.3. The summed E-state index contributed by atoms with van der Waals surface area (Å²) < 4.78 is 23.3. The number of carbonyl (C=O) groups excluding carboxylic acids is 4. The maximum Gasteiger partial charge on any atom is 0.335 e. The third-order valence-corrected chi connectivity index (χ3v) is 12.4. The lowest BCUT2D eigenvalue weighted by Crippen LogP contribution is -2.75. The van der Waals surface area contributed by atoms with E-state index in [1.807, 2.05) is 13.8 Å². The van der Waals surface area contributed by atoms with Gasteiger partial charge in [0.2, 0.25) is 0 Å². The number of ketones is 1. The maximum atomic E-state index is 14.3. The second kappa shape index (κ2) is 11.2. The van der Waals surface area contributed by atoms with E-state index in [1.165, 1.54) is 19.5 Å². The lowest BCUT2D eigenvalue weighted by Gasteiger charge is -2.69. The average Bonchev–Trinajstić information content (AvgIpc) is 3.55. The van der Waals surface area contributed by atoms with Crippen molar-refractivity contribution in [1.82, 2.24) is 0 Å². The average molecular weight is 633 g/mol. The van der Waals surface area contributed by atoms with Crippen LogP contribution in [0.1, 0.15) is 92.6 Å². The summed E-state index contributed by atoms with van der Waals surface area (Å²) in [6, 6.07) is 1.74. The quantitative estimate of drug-likeness (QED) is 0.311. The molecule has 0 aromatic carbocycles. The van der Waals surface area contributed by atoms with Gasteiger partial charge in [0.15, 0.2) is 6.10 Å². The van der Waals surface area contributed by atoms with E-state index >= 15 is 0 Å². The molecule has 3 N–H and O–H groups in total. The Morgan fingerprint density at radius 2 is 1.71 bits per heavy atom. The molecule has 3 aliphatic carbocycles. The van der Waals surface area contributed by atoms with Crippen LogP contribution in [0.25, 0.3) is 0 Å². The van der Waals surface area contributed by atoms with Gasteiger partial charge >= 0.3 is 17.9 Å². The zero-order chi connectivity index (χ0) is 33.4. The minimum absolute atomic E-state index is 0.0467. The largest absolute Gasteiger partial charge is 0.472 e. The molecule has 0 radical (unpaired) electrons. The zero-order valence-electron chi connectivity index (χ0n) is 27.4. The molecule has 4 aliphatic rings. The summed E-state index contributed by atoms with van der Waals surface area (Å²) in [6.07, 6.45) is -3.15. The van der Waals surface area contributed by atoms with Gasteiger partial charge in [-0.05, 0) is 37.8 Å². The van der Waals surface area contributed by atoms with Gasteiger partial charge in [-0.1, -0.05) is 41.0 Å². The van der Waals surface area contributed by atoms with Crippen LogP contribution < -0.4 is 0 Å². The van der Waals surface area contributed by atoms with Crippen molar-refractivity contribution in [3.05, 3.63) is 24.2 Å². The molecule has 13 unspecified atom stereocenters. The lowest BCUT2D eigenvalue weighted by atomic mass is 9.36. The van der Waals surface area contributed by atoms with Crippen LogP contribution in [0.2, 0.25) is 0 Å². The van der Waals surface area contributed by atoms with Crippen molar-refractivity contribution in [2.24, 2.45) is 39.9 Å². The first-order valence-corrected chi connectivity index (χ1v) is 16.0. The molecular formula is C34H48O11. The second-order valence-corrected chi connectivity index (χ2v) is 15.2. The Labute approximate surface area is 264 Å². The molecule has 0 bridgehead atoms. The fraction of sp³-hybridized carbons (Fsp3) is 0.765. The molecule has 11 nitrogen and oxygen atoms in total. The van der Waals surface area contributed by atoms with Crippen LogP contribution in [0.4, 0.5) is 0 Å². The van der Waals surface area contributed by atoms with Crippen LogP contribution in [0.3, 0.4) is 0 Å². The molecule has 13 atom stereocenters. The number of rotatable bonds is 6. The normalized spacial score (nSPS) is 43.5. The van der Waals surface area contributed by atoms with Gasteiger partial charge in [0.1, 0.15) is 23.6 Å². The molecular weight excluding hydrogens is 584 g/mol. The van der Waals surface area contributed by atoms with Crippen LogP contribution >= 0.6 is 0 Å². The van der Waals surface area contributed by atoms with E-state index in [0.717, 1.165) is 0 Å². The van der Waals surface area contributed by atoms with Gasteiger partial charge in [0, 0.05) is 53.3 Å². The van der Waals surface area contributed by atoms with Crippen LogP contribution in [0.15, 0.2) is 23.0 Å². The van der Waals surface area contributed by atoms with Crippen molar-refractivity contribution in [2.45, 2.75) is 123 Å². The highest BCUT2D eigenvalue weighted by Crippen LogP contribution is 2.73. The summed E-state index contributed by atoms with van der Waals surface area (Å²) >= 11 is 0. The Morgan fingerprint density at radius 3 is 2.29 bits per heavy atom. The van der Waals surface area contributed by atoms with Crippen molar-refractivity contribution in [1.29, 1.82) is 0 Å². The highest BCUT2D eigenvalue weighted by molar-refractivity contribution is 5.88. The van der Waals surface area contributed by atoms with Gasteiger partial charge in [-0.2, -0.15) is 0 Å². The molecule has 1 saturated heterocycles. The summed E-state index contributed by atoms with van der Waals surface area (Å²) in [5, 5.41) is 35.8. The molecule has 11 heteroatoms. The Morgan fingerprint density at radius 1 is 1.04 bits per heavy atom. The van der Waals surface area contributed by atoms with Crippen molar-refractivity contribution in [3.8, 4) is 0 Å². The number of furan rings is 1. The van der Waals surface area contributed by atoms with Gasteiger partial charge < -0.3 is 33.9 Å². The number of cyclic esters (lactones) is 1. The smallest absolute Gasteiger partial charge is 0.335 e. The molecule has 1 aliphatic heterocycles. The number of aliphatic hydroxyl groups is 3. The van der Waals surface area contributed by atoms with Gasteiger partial charge in [0.05, 0.1) is 31.2 Å². The fourth-order valence-electron chi connectivity index (χ4n) is 10.3. The number of esters is 3. The number of hydrogen-bond acceptors (Lipinski definition) is 11. The molecule has 250 valence electrons. The van der Waals surface area contributed by atoms with Crippen molar-refractivity contribution < 1.29 is 53.1 Å². The van der Waals surface area contributed by atoms with Crippen LogP contribution in [0, 0.1) is 39.9 Å². The van der Waals surface area contributed by atoms with Gasteiger partial charge in [-0.25, -0.2) is 4.79 Å². The third-order valence-electron chi connectivity index (χ3n) is 12.4. The zero-order valence-corrected chi connectivity index (χ0v) is 27.4. The summed E-state index contributed by atoms with van der Waals surface area (Å²) in [7, 11) is 0. The number of fused-ring (bicyclic) bond motifs is 5. The molecule has 45 heavy (non-hydrogen) atoms. The topological polar surface area (TPSA) is 170 Å². The Bertz CT molecular complexity index is 1340. The van der Waals surface area contributed by atoms with E-state index in [0.29, 0.717) is 12.0 Å². The summed E-state index contributed by atoms with van der Waals surface area (Å²) in [4.78, 5) is 53.5. The number of hydrogen-bond donors (Lipinski definition) is 3. The second-order valence-electron chi connectivity index (χ2n) is 15.2. The minimum Gasteiger partial charge on any atom is -0.472 e. The first-order valence-electron chi connectivity index (χ1n) is 16.0. The molecule has 2 heterocycles. The molecule has 5 rings (SSSR count). The van der Waals surface area contributed by atoms with Crippen LogP contribution in [0.5, 0.6) is 0 Å². The van der Waals surface area contributed by atoms with E-state index in [9.17, 15) is 34.5 Å². The SMILES string of the molecule is CCC(C)C(O)C(=O)OC1C(O)C2C3(C)C(OC(C)=O)CC(=O)OC(C)(C)C3CC(O)C2(C)C2C(=O)CC(c3ccoc3)C12C. The predicted octanol–water partition coefficient (Wildman–Crippen LogP) is 3.32. The standard InChI is InChI=1S/C34H48O11/c1-9-16(2)25(39)30(41)44-29-26(40)28-33(7)21(31(4,5)45-24(38)14-23(33)43-17(3)35)13-22(37)34(28,8)27-20(36)12-19(32(27,29)6)18-10-11-42-15-18/h10-11,15-16,19,21-23,25-29,37,39-40H,9,12-14H2,1-8H3. The van der Waals surface area contributed by atoms with E-state index in [1.54, 1.807) is 40.7 Å². The predicted molar refractivity (Wildman–Crippen MR) is 158 cm³/mol. The van der Waals surface area contributed by atoms with E-state index in [2.05, 4.69) is 0 Å². The minimum atomic E-state index is -1.51. The first-order chi connectivity index (χ1) is 20.9. The summed E-state index contributed by atoms with van der Waals surface area (Å²) in [6.45, 7) is 13.6. The number of Topliss-reactive ketones (excluding diaryl/α,β-unsaturated/α-hetero) is 1. The van der Waals surface area contributed by atoms with E-state index in [4.69, 9.17) is 18.6 Å². The van der Waals surface area contributed by atoms with Gasteiger partial charge in [0.25, 0.3) is 0 Å². The number of carbonyl (C=O) groups is 4. The van der Waals surface area contributed by atoms with Crippen molar-refractivity contribution >= 4 is 23.7 Å². The summed E-state index contributed by atoms with van der Waals surface area (Å²) in [5.74, 6) is -5.86. The Balaban J connectivity index is 1.76. The Hall–Kier alpha value is -2.76. The van der Waals surface area contributed by atoms with Gasteiger partial charge in [-0.15, -0.1) is 0 Å². The monoisotopic (exact) mass is 632 g/mol. The van der Waals surface area contributed by atoms with Crippen molar-refractivity contribution in [3.63, 3.8) is 0 Å². The molecule has 0 spiro atoms. The third kappa shape index (κ3) is 4.78. The molecule has 1 aromatic rings. The summed E-state index contributed by atoms with van der Waals surface area (Å²) in [5.41, 5.74) is -4.24. The highest BCUT2D eigenvalue weighted by Gasteiger charge is 2.79. The molecule has 4 fully saturated rings. The lowest BCUT2D eigenvalue weighted by molar-refractivity contribution is -0.302. The first kappa shape index (κ1) is 33.6. The molecule has 3 saturated carbocycles.